The Morgan fingerprint density at radius 3 is 2.69 bits per heavy atom. The summed E-state index contributed by atoms with van der Waals surface area (Å²) in [5.74, 6) is 0.232. The minimum Gasteiger partial charge on any atom is -0.495 e. The van der Waals surface area contributed by atoms with Gasteiger partial charge in [-0.3, -0.25) is 4.79 Å². The molecule has 0 fully saturated rings. The van der Waals surface area contributed by atoms with Crippen LogP contribution in [0.1, 0.15) is 27.5 Å². The van der Waals surface area contributed by atoms with Crippen molar-refractivity contribution in [2.75, 3.05) is 13.7 Å². The molecule has 1 aromatic carbocycles. The zero-order chi connectivity index (χ0) is 21.0. The first-order valence-corrected chi connectivity index (χ1v) is 9.27. The maximum absolute atomic E-state index is 12.5. The average molecular weight is 417 g/mol. The third kappa shape index (κ3) is 4.63. The molecule has 0 bridgehead atoms. The Morgan fingerprint density at radius 1 is 1.21 bits per heavy atom. The number of carbonyl (C=O) groups is 2. The quantitative estimate of drug-likeness (QED) is 0.592. The lowest BCUT2D eigenvalue weighted by Crippen LogP contribution is -2.28. The van der Waals surface area contributed by atoms with Crippen LogP contribution in [0.2, 0.25) is 5.02 Å². The number of benzene rings is 1. The molecule has 3 rings (SSSR count). The zero-order valence-electron chi connectivity index (χ0n) is 16.3. The first-order valence-electron chi connectivity index (χ1n) is 8.89. The van der Waals surface area contributed by atoms with Gasteiger partial charge in [0.15, 0.2) is 6.61 Å². The smallest absolute Gasteiger partial charge is 0.340 e. The van der Waals surface area contributed by atoms with Crippen molar-refractivity contribution in [1.82, 2.24) is 9.88 Å². The number of carbonyl (C=O) groups excluding carboxylic acids is 2. The summed E-state index contributed by atoms with van der Waals surface area (Å²) in [6.07, 6.45) is 1.52. The lowest BCUT2D eigenvalue weighted by Gasteiger charge is -2.14. The van der Waals surface area contributed by atoms with Gasteiger partial charge in [0, 0.05) is 16.4 Å². The summed E-state index contributed by atoms with van der Waals surface area (Å²) >= 11 is 6.14. The minimum atomic E-state index is -0.585. The highest BCUT2D eigenvalue weighted by Crippen LogP contribution is 2.30. The number of aromatic nitrogens is 1. The van der Waals surface area contributed by atoms with Crippen LogP contribution in [-0.4, -0.2) is 30.2 Å². The number of ether oxygens (including phenoxy) is 2. The van der Waals surface area contributed by atoms with E-state index in [1.54, 1.807) is 50.4 Å². The fourth-order valence-corrected chi connectivity index (χ4v) is 3.20. The number of nitrogens with zero attached hydrogens (tertiary/aromatic N) is 1. The number of halogens is 1. The van der Waals surface area contributed by atoms with Crippen LogP contribution in [0.5, 0.6) is 5.75 Å². The molecule has 0 radical (unpaired) electrons. The number of aryl methyl sites for hydroxylation is 1. The van der Waals surface area contributed by atoms with Crippen molar-refractivity contribution in [3.63, 3.8) is 0 Å². The van der Waals surface area contributed by atoms with Crippen LogP contribution in [0.4, 0.5) is 0 Å². The van der Waals surface area contributed by atoms with Gasteiger partial charge in [0.2, 0.25) is 0 Å². The van der Waals surface area contributed by atoms with Crippen LogP contribution >= 0.6 is 11.6 Å². The Kier molecular flexibility index (Phi) is 6.29. The van der Waals surface area contributed by atoms with Gasteiger partial charge < -0.3 is 23.8 Å². The molecular weight excluding hydrogens is 396 g/mol. The molecule has 2 heterocycles. The standard InChI is InChI=1S/C21H21ClN2O5/c1-13-9-17(14(2)24(13)18-10-15(22)6-7-19(18)27-3)21(26)29-12-20(25)23-11-16-5-4-8-28-16/h4-10H,11-12H2,1-3H3,(H,23,25). The Morgan fingerprint density at radius 2 is 2.00 bits per heavy atom. The zero-order valence-corrected chi connectivity index (χ0v) is 17.1. The van der Waals surface area contributed by atoms with E-state index in [2.05, 4.69) is 5.32 Å². The van der Waals surface area contributed by atoms with Crippen molar-refractivity contribution in [2.24, 2.45) is 0 Å². The normalized spacial score (nSPS) is 10.6. The van der Waals surface area contributed by atoms with Crippen LogP contribution in [0.25, 0.3) is 5.69 Å². The lowest BCUT2D eigenvalue weighted by molar-refractivity contribution is -0.124. The van der Waals surface area contributed by atoms with Crippen LogP contribution in [0.15, 0.2) is 47.1 Å². The van der Waals surface area contributed by atoms with Gasteiger partial charge in [0.05, 0.1) is 31.2 Å². The third-order valence-electron chi connectivity index (χ3n) is 4.41. The van der Waals surface area contributed by atoms with Crippen LogP contribution in [0.3, 0.4) is 0 Å². The fourth-order valence-electron chi connectivity index (χ4n) is 3.04. The molecule has 0 saturated carbocycles. The predicted molar refractivity (Wildman–Crippen MR) is 108 cm³/mol. The maximum atomic E-state index is 12.5. The van der Waals surface area contributed by atoms with E-state index < -0.39 is 11.9 Å². The van der Waals surface area contributed by atoms with Crippen LogP contribution in [-0.2, 0) is 16.1 Å². The van der Waals surface area contributed by atoms with Crippen molar-refractivity contribution in [3.05, 3.63) is 70.4 Å². The van der Waals surface area contributed by atoms with Gasteiger partial charge in [-0.05, 0) is 50.2 Å². The monoisotopic (exact) mass is 416 g/mol. The summed E-state index contributed by atoms with van der Waals surface area (Å²) in [4.78, 5) is 24.4. The summed E-state index contributed by atoms with van der Waals surface area (Å²) in [6.45, 7) is 3.50. The molecule has 29 heavy (non-hydrogen) atoms. The van der Waals surface area contributed by atoms with Crippen molar-refractivity contribution in [3.8, 4) is 11.4 Å². The first-order chi connectivity index (χ1) is 13.9. The molecule has 0 aliphatic heterocycles. The maximum Gasteiger partial charge on any atom is 0.340 e. The number of nitrogens with one attached hydrogen (secondary N) is 1. The second kappa shape index (κ2) is 8.87. The SMILES string of the molecule is COc1ccc(Cl)cc1-n1c(C)cc(C(=O)OCC(=O)NCc2ccco2)c1C. The molecule has 7 nitrogen and oxygen atoms in total. The molecule has 1 N–H and O–H groups in total. The van der Waals surface area contributed by atoms with E-state index in [9.17, 15) is 9.59 Å². The number of rotatable bonds is 7. The molecule has 0 saturated heterocycles. The number of hydrogen-bond acceptors (Lipinski definition) is 5. The van der Waals surface area contributed by atoms with Crippen LogP contribution in [0, 0.1) is 13.8 Å². The molecule has 152 valence electrons. The van der Waals surface area contributed by atoms with E-state index in [1.807, 2.05) is 11.5 Å². The third-order valence-corrected chi connectivity index (χ3v) is 4.64. The number of methoxy groups -OCH3 is 1. The molecule has 0 aliphatic carbocycles. The van der Waals surface area contributed by atoms with E-state index in [1.165, 1.54) is 6.26 Å². The number of amides is 1. The number of esters is 1. The highest BCUT2D eigenvalue weighted by Gasteiger charge is 2.20. The molecule has 0 aliphatic rings. The Bertz CT molecular complexity index is 1020. The van der Waals surface area contributed by atoms with E-state index in [0.29, 0.717) is 33.5 Å². The van der Waals surface area contributed by atoms with Gasteiger partial charge >= 0.3 is 5.97 Å². The van der Waals surface area contributed by atoms with Crippen molar-refractivity contribution in [2.45, 2.75) is 20.4 Å². The van der Waals surface area contributed by atoms with E-state index in [-0.39, 0.29) is 13.2 Å². The van der Waals surface area contributed by atoms with Gasteiger partial charge in [0.25, 0.3) is 5.91 Å². The molecule has 0 unspecified atom stereocenters. The molecule has 0 spiro atoms. The summed E-state index contributed by atoms with van der Waals surface area (Å²) < 4.78 is 17.6. The fraction of sp³-hybridized carbons (Fsp3) is 0.238. The van der Waals surface area contributed by atoms with Gasteiger partial charge in [-0.1, -0.05) is 11.6 Å². The highest BCUT2D eigenvalue weighted by molar-refractivity contribution is 6.30. The molecule has 1 amide bonds. The summed E-state index contributed by atoms with van der Waals surface area (Å²) in [5, 5.41) is 3.17. The summed E-state index contributed by atoms with van der Waals surface area (Å²) in [7, 11) is 1.57. The minimum absolute atomic E-state index is 0.229. The lowest BCUT2D eigenvalue weighted by atomic mass is 10.2. The molecule has 2 aromatic heterocycles. The summed E-state index contributed by atoms with van der Waals surface area (Å²) in [6, 6.07) is 10.4. The van der Waals surface area contributed by atoms with Crippen molar-refractivity contribution >= 4 is 23.5 Å². The number of hydrogen-bond donors (Lipinski definition) is 1. The molecule has 8 heteroatoms. The second-order valence-electron chi connectivity index (χ2n) is 6.37. The topological polar surface area (TPSA) is 82.7 Å². The Hall–Kier alpha value is -3.19. The average Bonchev–Trinajstić information content (AvgIpc) is 3.32. The largest absolute Gasteiger partial charge is 0.495 e. The number of furan rings is 1. The van der Waals surface area contributed by atoms with E-state index >= 15 is 0 Å². The van der Waals surface area contributed by atoms with Gasteiger partial charge in [-0.25, -0.2) is 4.79 Å². The van der Waals surface area contributed by atoms with Crippen molar-refractivity contribution < 1.29 is 23.5 Å². The molecular formula is C21H21ClN2O5. The Labute approximate surface area is 173 Å². The molecule has 3 aromatic rings. The van der Waals surface area contributed by atoms with E-state index in [4.69, 9.17) is 25.5 Å². The van der Waals surface area contributed by atoms with E-state index in [0.717, 1.165) is 5.69 Å². The predicted octanol–water partition coefficient (Wildman–Crippen LogP) is 3.82. The van der Waals surface area contributed by atoms with Gasteiger partial charge in [-0.2, -0.15) is 0 Å². The van der Waals surface area contributed by atoms with Crippen LogP contribution < -0.4 is 10.1 Å². The highest BCUT2D eigenvalue weighted by atomic mass is 35.5. The molecule has 0 atom stereocenters. The summed E-state index contributed by atoms with van der Waals surface area (Å²) in [5.41, 5.74) is 2.54. The van der Waals surface area contributed by atoms with Gasteiger partial charge in [0.1, 0.15) is 11.5 Å². The second-order valence-corrected chi connectivity index (χ2v) is 6.81. The first kappa shape index (κ1) is 20.5. The Balaban J connectivity index is 1.71. The van der Waals surface area contributed by atoms with Gasteiger partial charge in [-0.15, -0.1) is 0 Å². The van der Waals surface area contributed by atoms with Crippen molar-refractivity contribution in [1.29, 1.82) is 0 Å².